The smallest absolute Gasteiger partial charge is 0.273 e. The van der Waals surface area contributed by atoms with E-state index in [0.29, 0.717) is 23.8 Å². The molecule has 0 aliphatic heterocycles. The van der Waals surface area contributed by atoms with Gasteiger partial charge in [-0.25, -0.2) is 0 Å². The Morgan fingerprint density at radius 3 is 2.38 bits per heavy atom. The molecule has 1 atom stereocenters. The summed E-state index contributed by atoms with van der Waals surface area (Å²) >= 11 is 0. The molecule has 1 unspecified atom stereocenters. The van der Waals surface area contributed by atoms with E-state index < -0.39 is 11.0 Å². The summed E-state index contributed by atoms with van der Waals surface area (Å²) in [6, 6.07) is 4.09. The Bertz CT molecular complexity index is 517. The fraction of sp³-hybridized carbons (Fsp3) is 0.500. The third-order valence-corrected chi connectivity index (χ3v) is 2.88. The first kappa shape index (κ1) is 16.7. The van der Waals surface area contributed by atoms with E-state index in [9.17, 15) is 14.9 Å². The van der Waals surface area contributed by atoms with Gasteiger partial charge in [-0.2, -0.15) is 0 Å². The SMILES string of the molecule is CNc1cc(NC(C)C(=O)NCC(C)C)cc([N+](=O)[O-])c1. The normalized spacial score (nSPS) is 11.9. The number of nitrogens with zero attached hydrogens (tertiary/aromatic N) is 1. The summed E-state index contributed by atoms with van der Waals surface area (Å²) in [6.45, 7) is 6.34. The second-order valence-electron chi connectivity index (χ2n) is 5.28. The lowest BCUT2D eigenvalue weighted by atomic mass is 10.2. The number of anilines is 2. The Hall–Kier alpha value is -2.31. The number of amides is 1. The molecule has 0 saturated carbocycles. The van der Waals surface area contributed by atoms with Crippen LogP contribution < -0.4 is 16.0 Å². The number of hydrogen-bond donors (Lipinski definition) is 3. The van der Waals surface area contributed by atoms with Gasteiger partial charge in [-0.15, -0.1) is 0 Å². The van der Waals surface area contributed by atoms with E-state index in [0.717, 1.165) is 0 Å². The first-order valence-electron chi connectivity index (χ1n) is 6.85. The van der Waals surface area contributed by atoms with Gasteiger partial charge in [0.25, 0.3) is 5.69 Å². The van der Waals surface area contributed by atoms with E-state index in [1.54, 1.807) is 20.0 Å². The van der Waals surface area contributed by atoms with E-state index in [1.165, 1.54) is 12.1 Å². The van der Waals surface area contributed by atoms with Crippen LogP contribution in [0, 0.1) is 16.0 Å². The monoisotopic (exact) mass is 294 g/mol. The van der Waals surface area contributed by atoms with Crippen LogP contribution >= 0.6 is 0 Å². The van der Waals surface area contributed by atoms with Gasteiger partial charge in [-0.1, -0.05) is 13.8 Å². The second kappa shape index (κ2) is 7.47. The average molecular weight is 294 g/mol. The van der Waals surface area contributed by atoms with Crippen molar-refractivity contribution < 1.29 is 9.72 Å². The number of nitrogens with one attached hydrogen (secondary N) is 3. The number of carbonyl (C=O) groups excluding carboxylic acids is 1. The fourth-order valence-corrected chi connectivity index (χ4v) is 1.72. The molecule has 1 amide bonds. The van der Waals surface area contributed by atoms with Crippen molar-refractivity contribution in [3.8, 4) is 0 Å². The lowest BCUT2D eigenvalue weighted by molar-refractivity contribution is -0.384. The maximum absolute atomic E-state index is 11.9. The van der Waals surface area contributed by atoms with Crippen molar-refractivity contribution in [2.24, 2.45) is 5.92 Å². The van der Waals surface area contributed by atoms with Crippen molar-refractivity contribution in [2.75, 3.05) is 24.2 Å². The molecule has 21 heavy (non-hydrogen) atoms. The van der Waals surface area contributed by atoms with Crippen LogP contribution in [0.1, 0.15) is 20.8 Å². The molecule has 1 aromatic rings. The first-order chi connectivity index (χ1) is 9.83. The van der Waals surface area contributed by atoms with Crippen LogP contribution in [0.5, 0.6) is 0 Å². The molecule has 7 heteroatoms. The topological polar surface area (TPSA) is 96.3 Å². The maximum atomic E-state index is 11.9. The van der Waals surface area contributed by atoms with Crippen molar-refractivity contribution in [3.05, 3.63) is 28.3 Å². The van der Waals surface area contributed by atoms with Gasteiger partial charge in [-0.3, -0.25) is 14.9 Å². The van der Waals surface area contributed by atoms with E-state index >= 15 is 0 Å². The molecular formula is C14H22N4O3. The van der Waals surface area contributed by atoms with Crippen molar-refractivity contribution in [3.63, 3.8) is 0 Å². The summed E-state index contributed by atoms with van der Waals surface area (Å²) in [4.78, 5) is 22.3. The van der Waals surface area contributed by atoms with Gasteiger partial charge < -0.3 is 16.0 Å². The molecule has 0 saturated heterocycles. The minimum absolute atomic E-state index is 0.0286. The molecule has 7 nitrogen and oxygen atoms in total. The van der Waals surface area contributed by atoms with Gasteiger partial charge in [-0.05, 0) is 18.9 Å². The summed E-state index contributed by atoms with van der Waals surface area (Å²) < 4.78 is 0. The average Bonchev–Trinajstić information content (AvgIpc) is 2.43. The number of rotatable bonds is 7. The van der Waals surface area contributed by atoms with Crippen LogP contribution in [0.3, 0.4) is 0 Å². The van der Waals surface area contributed by atoms with Crippen molar-refractivity contribution >= 4 is 23.0 Å². The lowest BCUT2D eigenvalue weighted by Crippen LogP contribution is -2.39. The number of nitro benzene ring substituents is 1. The number of hydrogen-bond acceptors (Lipinski definition) is 5. The molecule has 1 aromatic carbocycles. The quantitative estimate of drug-likeness (QED) is 0.529. The zero-order valence-electron chi connectivity index (χ0n) is 12.8. The number of carbonyl (C=O) groups is 1. The third kappa shape index (κ3) is 5.29. The summed E-state index contributed by atoms with van der Waals surface area (Å²) in [5.41, 5.74) is 1.11. The van der Waals surface area contributed by atoms with Crippen LogP contribution in [0.2, 0.25) is 0 Å². The van der Waals surface area contributed by atoms with Crippen LogP contribution in [0.25, 0.3) is 0 Å². The molecule has 0 aliphatic rings. The zero-order chi connectivity index (χ0) is 16.0. The lowest BCUT2D eigenvalue weighted by Gasteiger charge is -2.16. The highest BCUT2D eigenvalue weighted by molar-refractivity contribution is 5.84. The molecule has 0 aliphatic carbocycles. The van der Waals surface area contributed by atoms with Crippen molar-refractivity contribution in [2.45, 2.75) is 26.8 Å². The second-order valence-corrected chi connectivity index (χ2v) is 5.28. The maximum Gasteiger partial charge on any atom is 0.273 e. The standard InChI is InChI=1S/C14H22N4O3/c1-9(2)8-16-14(19)10(3)17-12-5-11(15-4)6-13(7-12)18(20)21/h5-7,9-10,15,17H,8H2,1-4H3,(H,16,19). The minimum Gasteiger partial charge on any atom is -0.388 e. The van der Waals surface area contributed by atoms with Crippen LogP contribution in [-0.2, 0) is 4.79 Å². The number of benzene rings is 1. The largest absolute Gasteiger partial charge is 0.388 e. The highest BCUT2D eigenvalue weighted by Gasteiger charge is 2.15. The van der Waals surface area contributed by atoms with Gasteiger partial charge in [0.15, 0.2) is 0 Å². The highest BCUT2D eigenvalue weighted by atomic mass is 16.6. The van der Waals surface area contributed by atoms with Crippen LogP contribution in [0.4, 0.5) is 17.1 Å². The van der Waals surface area contributed by atoms with Gasteiger partial charge in [0.2, 0.25) is 5.91 Å². The highest BCUT2D eigenvalue weighted by Crippen LogP contribution is 2.24. The molecule has 116 valence electrons. The molecule has 0 spiro atoms. The Kier molecular flexibility index (Phi) is 5.95. The van der Waals surface area contributed by atoms with Crippen molar-refractivity contribution in [1.82, 2.24) is 5.32 Å². The molecule has 0 heterocycles. The minimum atomic E-state index is -0.476. The Morgan fingerprint density at radius 2 is 1.86 bits per heavy atom. The number of non-ortho nitro benzene ring substituents is 1. The molecular weight excluding hydrogens is 272 g/mol. The molecule has 0 aromatic heterocycles. The van der Waals surface area contributed by atoms with E-state index in [-0.39, 0.29) is 11.6 Å². The Morgan fingerprint density at radius 1 is 1.24 bits per heavy atom. The predicted octanol–water partition coefficient (Wildman–Crippen LogP) is 2.21. The molecule has 0 radical (unpaired) electrons. The molecule has 3 N–H and O–H groups in total. The van der Waals surface area contributed by atoms with Gasteiger partial charge >= 0.3 is 0 Å². The third-order valence-electron chi connectivity index (χ3n) is 2.88. The zero-order valence-corrected chi connectivity index (χ0v) is 12.8. The first-order valence-corrected chi connectivity index (χ1v) is 6.85. The summed E-state index contributed by atoms with van der Waals surface area (Å²) in [5.74, 6) is 0.232. The predicted molar refractivity (Wildman–Crippen MR) is 83.6 cm³/mol. The van der Waals surface area contributed by atoms with E-state index in [4.69, 9.17) is 0 Å². The van der Waals surface area contributed by atoms with Gasteiger partial charge in [0.05, 0.1) is 4.92 Å². The Labute approximate surface area is 124 Å². The van der Waals surface area contributed by atoms with Gasteiger partial charge in [0, 0.05) is 37.1 Å². The fourth-order valence-electron chi connectivity index (χ4n) is 1.72. The summed E-state index contributed by atoms with van der Waals surface area (Å²) in [7, 11) is 1.68. The molecule has 0 bridgehead atoms. The number of nitro groups is 1. The summed E-state index contributed by atoms with van der Waals surface area (Å²) in [6.07, 6.45) is 0. The van der Waals surface area contributed by atoms with Crippen LogP contribution in [0.15, 0.2) is 18.2 Å². The van der Waals surface area contributed by atoms with Gasteiger partial charge in [0.1, 0.15) is 6.04 Å². The van der Waals surface area contributed by atoms with Crippen molar-refractivity contribution in [1.29, 1.82) is 0 Å². The molecule has 1 rings (SSSR count). The van der Waals surface area contributed by atoms with E-state index in [1.807, 2.05) is 13.8 Å². The van der Waals surface area contributed by atoms with E-state index in [2.05, 4.69) is 16.0 Å². The van der Waals surface area contributed by atoms with Crippen LogP contribution in [-0.4, -0.2) is 30.5 Å². The Balaban J connectivity index is 2.79. The molecule has 0 fully saturated rings. The summed E-state index contributed by atoms with van der Waals surface area (Å²) in [5, 5.41) is 19.5.